The topological polar surface area (TPSA) is 89.3 Å². The van der Waals surface area contributed by atoms with Crippen LogP contribution in [0.3, 0.4) is 0 Å². The fourth-order valence-corrected chi connectivity index (χ4v) is 3.47. The van der Waals surface area contributed by atoms with Crippen LogP contribution in [0.5, 0.6) is 0 Å². The molecule has 0 aromatic heterocycles. The monoisotopic (exact) mass is 426 g/mol. The van der Waals surface area contributed by atoms with Gasteiger partial charge in [-0.25, -0.2) is 0 Å². The van der Waals surface area contributed by atoms with E-state index in [0.29, 0.717) is 16.3 Å². The van der Waals surface area contributed by atoms with E-state index < -0.39 is 10.8 Å². The highest BCUT2D eigenvalue weighted by Crippen LogP contribution is 2.24. The molecule has 0 bridgehead atoms. The maximum absolute atomic E-state index is 12.4. The van der Waals surface area contributed by atoms with Gasteiger partial charge in [0.15, 0.2) is 5.78 Å². The van der Waals surface area contributed by atoms with Gasteiger partial charge in [-0.15, -0.1) is 11.8 Å². The summed E-state index contributed by atoms with van der Waals surface area (Å²) in [6.45, 7) is 0. The second kappa shape index (κ2) is 9.36. The van der Waals surface area contributed by atoms with Crippen molar-refractivity contribution in [2.45, 2.75) is 4.90 Å². The molecule has 0 atom stereocenters. The van der Waals surface area contributed by atoms with Crippen LogP contribution in [-0.4, -0.2) is 22.4 Å². The van der Waals surface area contributed by atoms with Crippen molar-refractivity contribution in [2.24, 2.45) is 0 Å². The lowest BCUT2D eigenvalue weighted by Gasteiger charge is -2.08. The van der Waals surface area contributed by atoms with Crippen molar-refractivity contribution in [1.82, 2.24) is 0 Å². The lowest BCUT2D eigenvalue weighted by Crippen LogP contribution is -2.12. The summed E-state index contributed by atoms with van der Waals surface area (Å²) in [7, 11) is 0. The Hall–Kier alpha value is -3.16. The molecule has 0 heterocycles. The van der Waals surface area contributed by atoms with Crippen LogP contribution in [0, 0.1) is 10.1 Å². The van der Waals surface area contributed by atoms with Crippen LogP contribution >= 0.6 is 23.4 Å². The molecule has 0 saturated carbocycles. The molecule has 0 fully saturated rings. The highest BCUT2D eigenvalue weighted by atomic mass is 35.5. The molecule has 3 aromatic carbocycles. The normalized spacial score (nSPS) is 10.4. The number of hydrogen-bond donors (Lipinski definition) is 1. The Bertz CT molecular complexity index is 1070. The number of amides is 1. The van der Waals surface area contributed by atoms with E-state index in [2.05, 4.69) is 5.32 Å². The van der Waals surface area contributed by atoms with Crippen molar-refractivity contribution >= 4 is 46.4 Å². The standard InChI is InChI=1S/C21H15ClN2O4S/c22-16-9-7-14(8-10-16)20(25)13-29-19-6-2-4-17(12-19)23-21(26)15-3-1-5-18(11-15)24(27)28/h1-12H,13H2,(H,23,26). The van der Waals surface area contributed by atoms with E-state index in [0.717, 1.165) is 4.90 Å². The van der Waals surface area contributed by atoms with Crippen molar-refractivity contribution in [2.75, 3.05) is 11.1 Å². The van der Waals surface area contributed by atoms with Gasteiger partial charge < -0.3 is 5.32 Å². The summed E-state index contributed by atoms with van der Waals surface area (Å²) in [6, 6.07) is 19.3. The summed E-state index contributed by atoms with van der Waals surface area (Å²) in [5.74, 6) is -0.241. The van der Waals surface area contributed by atoms with Crippen LogP contribution in [0.1, 0.15) is 20.7 Å². The van der Waals surface area contributed by atoms with Crippen LogP contribution < -0.4 is 5.32 Å². The number of benzene rings is 3. The Balaban J connectivity index is 1.64. The molecule has 1 amide bonds. The van der Waals surface area contributed by atoms with E-state index in [4.69, 9.17) is 11.6 Å². The van der Waals surface area contributed by atoms with Crippen LogP contribution in [0.15, 0.2) is 77.7 Å². The number of non-ortho nitro benzene ring substituents is 1. The van der Waals surface area contributed by atoms with Crippen molar-refractivity contribution in [1.29, 1.82) is 0 Å². The van der Waals surface area contributed by atoms with Crippen molar-refractivity contribution < 1.29 is 14.5 Å². The molecule has 3 aromatic rings. The highest BCUT2D eigenvalue weighted by molar-refractivity contribution is 8.00. The molecule has 8 heteroatoms. The van der Waals surface area contributed by atoms with Crippen LogP contribution in [0.4, 0.5) is 11.4 Å². The molecule has 1 N–H and O–H groups in total. The molecule has 0 radical (unpaired) electrons. The summed E-state index contributed by atoms with van der Waals surface area (Å²) < 4.78 is 0. The van der Waals surface area contributed by atoms with Gasteiger partial charge in [-0.2, -0.15) is 0 Å². The molecular weight excluding hydrogens is 412 g/mol. The number of nitrogens with zero attached hydrogens (tertiary/aromatic N) is 1. The minimum atomic E-state index is -0.550. The summed E-state index contributed by atoms with van der Waals surface area (Å²) in [5.41, 5.74) is 1.15. The Morgan fingerprint density at radius 3 is 2.41 bits per heavy atom. The van der Waals surface area contributed by atoms with Gasteiger partial charge in [-0.1, -0.05) is 23.7 Å². The maximum atomic E-state index is 12.4. The second-order valence-corrected chi connectivity index (χ2v) is 7.49. The summed E-state index contributed by atoms with van der Waals surface area (Å²) in [5, 5.41) is 14.1. The number of nitro benzene ring substituents is 1. The Labute approximate surface area is 176 Å². The van der Waals surface area contributed by atoms with E-state index in [1.165, 1.54) is 36.0 Å². The summed E-state index contributed by atoms with van der Waals surface area (Å²) in [4.78, 5) is 35.8. The van der Waals surface area contributed by atoms with Gasteiger partial charge in [-0.05, 0) is 48.5 Å². The molecule has 0 aliphatic carbocycles. The number of ketones is 1. The predicted octanol–water partition coefficient (Wildman–Crippen LogP) is 5.48. The lowest BCUT2D eigenvalue weighted by molar-refractivity contribution is -0.384. The minimum absolute atomic E-state index is 0.0299. The molecule has 6 nitrogen and oxygen atoms in total. The Kier molecular flexibility index (Phi) is 6.64. The number of rotatable bonds is 7. The van der Waals surface area contributed by atoms with Gasteiger partial charge in [0.05, 0.1) is 10.7 Å². The van der Waals surface area contributed by atoms with Crippen LogP contribution in [-0.2, 0) is 0 Å². The molecule has 29 heavy (non-hydrogen) atoms. The van der Waals surface area contributed by atoms with Gasteiger partial charge in [0.25, 0.3) is 11.6 Å². The summed E-state index contributed by atoms with van der Waals surface area (Å²) >= 11 is 7.18. The number of anilines is 1. The van der Waals surface area contributed by atoms with Crippen LogP contribution in [0.25, 0.3) is 0 Å². The first-order valence-electron chi connectivity index (χ1n) is 8.50. The SMILES string of the molecule is O=C(CSc1cccc(NC(=O)c2cccc([N+](=O)[O-])c2)c1)c1ccc(Cl)cc1. The Morgan fingerprint density at radius 1 is 0.966 bits per heavy atom. The second-order valence-electron chi connectivity index (χ2n) is 6.01. The minimum Gasteiger partial charge on any atom is -0.322 e. The number of nitro groups is 1. The zero-order valence-electron chi connectivity index (χ0n) is 15.0. The van der Waals surface area contributed by atoms with Gasteiger partial charge in [0.1, 0.15) is 0 Å². The zero-order chi connectivity index (χ0) is 20.8. The van der Waals surface area contributed by atoms with E-state index in [-0.39, 0.29) is 22.8 Å². The number of hydrogen-bond acceptors (Lipinski definition) is 5. The molecule has 146 valence electrons. The van der Waals surface area contributed by atoms with Gasteiger partial charge in [0.2, 0.25) is 0 Å². The smallest absolute Gasteiger partial charge is 0.270 e. The number of Topliss-reactive ketones (excluding diaryl/α,β-unsaturated/α-hetero) is 1. The number of halogens is 1. The molecule has 0 aliphatic rings. The highest BCUT2D eigenvalue weighted by Gasteiger charge is 2.12. The number of thioether (sulfide) groups is 1. The largest absolute Gasteiger partial charge is 0.322 e. The van der Waals surface area contributed by atoms with E-state index in [9.17, 15) is 19.7 Å². The first-order chi connectivity index (χ1) is 13.9. The third kappa shape index (κ3) is 5.66. The average molecular weight is 427 g/mol. The lowest BCUT2D eigenvalue weighted by atomic mass is 10.1. The van der Waals surface area contributed by atoms with Gasteiger partial charge in [-0.3, -0.25) is 19.7 Å². The molecule has 0 saturated heterocycles. The fraction of sp³-hybridized carbons (Fsp3) is 0.0476. The fourth-order valence-electron chi connectivity index (χ4n) is 2.50. The van der Waals surface area contributed by atoms with Gasteiger partial charge >= 0.3 is 0 Å². The first kappa shape index (κ1) is 20.6. The quantitative estimate of drug-likeness (QED) is 0.234. The maximum Gasteiger partial charge on any atom is 0.270 e. The zero-order valence-corrected chi connectivity index (χ0v) is 16.6. The van der Waals surface area contributed by atoms with Gasteiger partial charge in [0, 0.05) is 38.9 Å². The van der Waals surface area contributed by atoms with Crippen molar-refractivity contribution in [3.05, 3.63) is 99.1 Å². The number of carbonyl (C=O) groups excluding carboxylic acids is 2. The number of nitrogens with one attached hydrogen (secondary N) is 1. The predicted molar refractivity (Wildman–Crippen MR) is 114 cm³/mol. The molecule has 0 aliphatic heterocycles. The van der Waals surface area contributed by atoms with E-state index >= 15 is 0 Å². The first-order valence-corrected chi connectivity index (χ1v) is 9.86. The number of carbonyl (C=O) groups is 2. The van der Waals surface area contributed by atoms with E-state index in [1.807, 2.05) is 6.07 Å². The van der Waals surface area contributed by atoms with Crippen molar-refractivity contribution in [3.63, 3.8) is 0 Å². The third-order valence-electron chi connectivity index (χ3n) is 3.95. The van der Waals surface area contributed by atoms with E-state index in [1.54, 1.807) is 42.5 Å². The average Bonchev–Trinajstić information content (AvgIpc) is 2.73. The molecular formula is C21H15ClN2O4S. The molecule has 3 rings (SSSR count). The summed E-state index contributed by atoms with van der Waals surface area (Å²) in [6.07, 6.45) is 0. The van der Waals surface area contributed by atoms with Crippen LogP contribution in [0.2, 0.25) is 5.02 Å². The molecule has 0 unspecified atom stereocenters. The van der Waals surface area contributed by atoms with Crippen molar-refractivity contribution in [3.8, 4) is 0 Å². The third-order valence-corrected chi connectivity index (χ3v) is 5.19. The Morgan fingerprint density at radius 2 is 1.69 bits per heavy atom. The molecule has 0 spiro atoms.